The second-order valence-corrected chi connectivity index (χ2v) is 4.45. The number of sulfonamides is 1. The lowest BCUT2D eigenvalue weighted by Crippen LogP contribution is -2.17. The molecule has 1 heterocycles. The fraction of sp³-hybridized carbons (Fsp3) is 0.667. The Balaban J connectivity index is 2.53. The molecule has 1 aromatic rings. The van der Waals surface area contributed by atoms with Gasteiger partial charge in [0.05, 0.1) is 5.75 Å². The Kier molecular flexibility index (Phi) is 3.24. The van der Waals surface area contributed by atoms with Gasteiger partial charge < -0.3 is 0 Å². The predicted molar refractivity (Wildman–Crippen MR) is 48.7 cm³/mol. The zero-order valence-electron chi connectivity index (χ0n) is 7.32. The Morgan fingerprint density at radius 1 is 1.62 bits per heavy atom. The van der Waals surface area contributed by atoms with Gasteiger partial charge in [0.1, 0.15) is 6.33 Å². The van der Waals surface area contributed by atoms with E-state index in [1.165, 1.54) is 6.33 Å². The van der Waals surface area contributed by atoms with Gasteiger partial charge in [-0.15, -0.1) is 0 Å². The molecule has 1 aromatic heterocycles. The van der Waals surface area contributed by atoms with E-state index in [2.05, 4.69) is 19.9 Å². The van der Waals surface area contributed by atoms with Gasteiger partial charge in [-0.1, -0.05) is 13.3 Å². The highest BCUT2D eigenvalue weighted by Gasteiger charge is 2.10. The van der Waals surface area contributed by atoms with E-state index in [1.807, 2.05) is 6.92 Å². The van der Waals surface area contributed by atoms with Gasteiger partial charge in [0.15, 0.2) is 0 Å². The topological polar surface area (TPSA) is 87.7 Å². The van der Waals surface area contributed by atoms with E-state index in [9.17, 15) is 8.42 Å². The summed E-state index contributed by atoms with van der Waals surface area (Å²) in [5.74, 6) is 0.278. The van der Waals surface area contributed by atoms with Crippen LogP contribution in [0, 0.1) is 0 Å². The number of nitrogens with zero attached hydrogens (tertiary/aromatic N) is 2. The van der Waals surface area contributed by atoms with Crippen molar-refractivity contribution in [2.24, 2.45) is 0 Å². The van der Waals surface area contributed by atoms with Crippen molar-refractivity contribution in [3.8, 4) is 0 Å². The molecule has 0 bridgehead atoms. The zero-order chi connectivity index (χ0) is 9.73. The number of rotatable bonds is 5. The van der Waals surface area contributed by atoms with Crippen LogP contribution in [0.4, 0.5) is 5.95 Å². The molecule has 1 rings (SSSR count). The summed E-state index contributed by atoms with van der Waals surface area (Å²) < 4.78 is 24.8. The minimum absolute atomic E-state index is 0.115. The van der Waals surface area contributed by atoms with Crippen molar-refractivity contribution in [1.29, 1.82) is 0 Å². The molecule has 0 aliphatic rings. The van der Waals surface area contributed by atoms with Gasteiger partial charge >= 0.3 is 0 Å². The Bertz CT molecular complexity index is 332. The first-order valence-corrected chi connectivity index (χ1v) is 5.65. The van der Waals surface area contributed by atoms with Gasteiger partial charge in [-0.05, 0) is 6.42 Å². The minimum Gasteiger partial charge on any atom is -0.252 e. The van der Waals surface area contributed by atoms with Crippen molar-refractivity contribution in [3.05, 3.63) is 6.33 Å². The third-order valence-corrected chi connectivity index (χ3v) is 2.76. The monoisotopic (exact) mass is 204 g/mol. The van der Waals surface area contributed by atoms with Gasteiger partial charge in [-0.3, -0.25) is 4.72 Å². The maximum Gasteiger partial charge on any atom is 0.235 e. The highest BCUT2D eigenvalue weighted by Crippen LogP contribution is 2.01. The van der Waals surface area contributed by atoms with Crippen LogP contribution < -0.4 is 4.72 Å². The van der Waals surface area contributed by atoms with E-state index in [1.54, 1.807) is 0 Å². The van der Waals surface area contributed by atoms with Gasteiger partial charge in [0.25, 0.3) is 0 Å². The van der Waals surface area contributed by atoms with E-state index in [-0.39, 0.29) is 11.7 Å². The Morgan fingerprint density at radius 3 is 2.92 bits per heavy atom. The van der Waals surface area contributed by atoms with E-state index in [0.717, 1.165) is 6.42 Å². The van der Waals surface area contributed by atoms with Crippen LogP contribution in [0.5, 0.6) is 0 Å². The molecule has 7 heteroatoms. The van der Waals surface area contributed by atoms with E-state index in [4.69, 9.17) is 0 Å². The van der Waals surface area contributed by atoms with Gasteiger partial charge in [-0.2, -0.15) is 10.1 Å². The quantitative estimate of drug-likeness (QED) is 0.724. The summed E-state index contributed by atoms with van der Waals surface area (Å²) >= 11 is 0. The fourth-order valence-electron chi connectivity index (χ4n) is 0.787. The molecular weight excluding hydrogens is 192 g/mol. The van der Waals surface area contributed by atoms with Gasteiger partial charge in [0, 0.05) is 0 Å². The normalized spacial score (nSPS) is 11.5. The summed E-state index contributed by atoms with van der Waals surface area (Å²) in [6.45, 7) is 1.93. The van der Waals surface area contributed by atoms with Gasteiger partial charge in [-0.25, -0.2) is 13.5 Å². The molecule has 0 saturated heterocycles. The number of hydrogen-bond donors (Lipinski definition) is 2. The first-order valence-electron chi connectivity index (χ1n) is 4.00. The summed E-state index contributed by atoms with van der Waals surface area (Å²) in [6.07, 6.45) is 2.73. The van der Waals surface area contributed by atoms with Crippen molar-refractivity contribution in [2.75, 3.05) is 10.5 Å². The van der Waals surface area contributed by atoms with Crippen LogP contribution in [0.1, 0.15) is 19.8 Å². The first kappa shape index (κ1) is 9.97. The van der Waals surface area contributed by atoms with Crippen molar-refractivity contribution >= 4 is 16.0 Å². The Labute approximate surface area is 76.8 Å². The standard InChI is InChI=1S/C6H12N4O2S/c1-2-3-4-13(11,12)10-6-7-5-8-9-6/h5H,2-4H2,1H3,(H2,7,8,9,10). The molecule has 0 radical (unpaired) electrons. The minimum atomic E-state index is -3.25. The van der Waals surface area contributed by atoms with Crippen molar-refractivity contribution < 1.29 is 8.42 Å². The molecule has 2 N–H and O–H groups in total. The van der Waals surface area contributed by atoms with Crippen LogP contribution in [-0.2, 0) is 10.0 Å². The SMILES string of the molecule is CCCCS(=O)(=O)Nc1ncn[nH]1. The molecule has 74 valence electrons. The average molecular weight is 204 g/mol. The lowest BCUT2D eigenvalue weighted by molar-refractivity contribution is 0.597. The Hall–Kier alpha value is -1.11. The second kappa shape index (κ2) is 4.22. The van der Waals surface area contributed by atoms with Crippen LogP contribution in [0.2, 0.25) is 0 Å². The molecule has 0 aromatic carbocycles. The molecule has 0 amide bonds. The van der Waals surface area contributed by atoms with Crippen molar-refractivity contribution in [3.63, 3.8) is 0 Å². The molecule has 0 aliphatic carbocycles. The smallest absolute Gasteiger partial charge is 0.235 e. The van der Waals surface area contributed by atoms with E-state index >= 15 is 0 Å². The summed E-state index contributed by atoms with van der Waals surface area (Å²) in [7, 11) is -3.25. The molecule has 0 fully saturated rings. The zero-order valence-corrected chi connectivity index (χ0v) is 8.13. The molecule has 0 spiro atoms. The highest BCUT2D eigenvalue weighted by molar-refractivity contribution is 7.92. The summed E-state index contributed by atoms with van der Waals surface area (Å²) in [5, 5.41) is 5.94. The van der Waals surface area contributed by atoms with Crippen LogP contribution in [-0.4, -0.2) is 29.4 Å². The fourth-order valence-corrected chi connectivity index (χ4v) is 1.95. The number of aromatic nitrogens is 3. The average Bonchev–Trinajstić information content (AvgIpc) is 2.52. The third kappa shape index (κ3) is 3.41. The number of aromatic amines is 1. The number of hydrogen-bond acceptors (Lipinski definition) is 4. The van der Waals surface area contributed by atoms with Crippen molar-refractivity contribution in [2.45, 2.75) is 19.8 Å². The predicted octanol–water partition coefficient (Wildman–Crippen LogP) is 0.346. The van der Waals surface area contributed by atoms with E-state index in [0.29, 0.717) is 6.42 Å². The van der Waals surface area contributed by atoms with Gasteiger partial charge in [0.2, 0.25) is 16.0 Å². The first-order chi connectivity index (χ1) is 6.14. The summed E-state index contributed by atoms with van der Waals surface area (Å²) in [5.41, 5.74) is 0. The second-order valence-electron chi connectivity index (χ2n) is 2.61. The summed E-state index contributed by atoms with van der Waals surface area (Å²) in [6, 6.07) is 0. The van der Waals surface area contributed by atoms with E-state index < -0.39 is 10.0 Å². The number of anilines is 1. The maximum absolute atomic E-state index is 11.3. The van der Waals surface area contributed by atoms with Crippen molar-refractivity contribution in [1.82, 2.24) is 15.2 Å². The molecule has 13 heavy (non-hydrogen) atoms. The Morgan fingerprint density at radius 2 is 2.38 bits per heavy atom. The maximum atomic E-state index is 11.3. The highest BCUT2D eigenvalue weighted by atomic mass is 32.2. The summed E-state index contributed by atoms with van der Waals surface area (Å²) in [4.78, 5) is 3.65. The largest absolute Gasteiger partial charge is 0.252 e. The van der Waals surface area contributed by atoms with Crippen LogP contribution in [0.3, 0.4) is 0 Å². The van der Waals surface area contributed by atoms with Crippen LogP contribution >= 0.6 is 0 Å². The molecular formula is C6H12N4O2S. The van der Waals surface area contributed by atoms with Crippen LogP contribution in [0.15, 0.2) is 6.33 Å². The van der Waals surface area contributed by atoms with Crippen LogP contribution in [0.25, 0.3) is 0 Å². The third-order valence-electron chi connectivity index (χ3n) is 1.43. The molecule has 0 unspecified atom stereocenters. The number of H-pyrrole nitrogens is 1. The molecule has 0 saturated carbocycles. The molecule has 6 nitrogen and oxygen atoms in total. The molecule has 0 aliphatic heterocycles. The number of nitrogens with one attached hydrogen (secondary N) is 2. The molecule has 0 atom stereocenters. The lowest BCUT2D eigenvalue weighted by Gasteiger charge is -2.02. The number of unbranched alkanes of at least 4 members (excludes halogenated alkanes) is 1. The lowest BCUT2D eigenvalue weighted by atomic mass is 10.4.